The van der Waals surface area contributed by atoms with Gasteiger partial charge in [-0.3, -0.25) is 19.7 Å². The molecule has 0 aliphatic rings. The maximum atomic E-state index is 4.45. The van der Waals surface area contributed by atoms with E-state index in [1.807, 2.05) is 37.5 Å². The van der Waals surface area contributed by atoms with Crippen molar-refractivity contribution in [3.63, 3.8) is 0 Å². The molecule has 6 nitrogen and oxygen atoms in total. The molecule has 0 spiro atoms. The fourth-order valence-corrected chi connectivity index (χ4v) is 2.33. The van der Waals surface area contributed by atoms with Crippen LogP contribution < -0.4 is 0 Å². The number of aromatic amines is 1. The Morgan fingerprint density at radius 3 is 2.86 bits per heavy atom. The monoisotopic (exact) mass is 276 g/mol. The highest BCUT2D eigenvalue weighted by Gasteiger charge is 2.12. The summed E-state index contributed by atoms with van der Waals surface area (Å²) >= 11 is 0. The Kier molecular flexibility index (Phi) is 2.53. The van der Waals surface area contributed by atoms with Gasteiger partial charge < -0.3 is 0 Å². The Morgan fingerprint density at radius 2 is 2.10 bits per heavy atom. The highest BCUT2D eigenvalue weighted by molar-refractivity contribution is 5.93. The van der Waals surface area contributed by atoms with Crippen LogP contribution in [0.4, 0.5) is 0 Å². The highest BCUT2D eigenvalue weighted by atomic mass is 15.3. The molecule has 1 N–H and O–H groups in total. The molecule has 0 amide bonds. The topological polar surface area (TPSA) is 72.3 Å². The first-order valence-electron chi connectivity index (χ1n) is 6.56. The number of fused-ring (bicyclic) bond motifs is 1. The standard InChI is InChI=1S/C15H12N6/c1-21-6-4-12(20-21)15-11-7-13(10-3-2-5-16-8-10)17-9-14(11)18-19-15/h2-9H,1H3,(H,18,19). The fraction of sp³-hybridized carbons (Fsp3) is 0.0667. The van der Waals surface area contributed by atoms with E-state index in [4.69, 9.17) is 0 Å². The lowest BCUT2D eigenvalue weighted by molar-refractivity contribution is 0.770. The molecule has 4 heterocycles. The molecule has 21 heavy (non-hydrogen) atoms. The Morgan fingerprint density at radius 1 is 1.14 bits per heavy atom. The summed E-state index contributed by atoms with van der Waals surface area (Å²) in [6.45, 7) is 0. The zero-order valence-corrected chi connectivity index (χ0v) is 11.4. The number of aromatic nitrogens is 6. The minimum absolute atomic E-state index is 0.832. The van der Waals surface area contributed by atoms with Gasteiger partial charge in [0.2, 0.25) is 0 Å². The third kappa shape index (κ3) is 1.97. The predicted molar refractivity (Wildman–Crippen MR) is 79.3 cm³/mol. The van der Waals surface area contributed by atoms with Crippen molar-refractivity contribution in [1.82, 2.24) is 29.9 Å². The van der Waals surface area contributed by atoms with Gasteiger partial charge in [0, 0.05) is 36.6 Å². The summed E-state index contributed by atoms with van der Waals surface area (Å²) in [4.78, 5) is 8.59. The van der Waals surface area contributed by atoms with Gasteiger partial charge in [-0.05, 0) is 24.3 Å². The molecule has 0 aliphatic carbocycles. The first-order chi connectivity index (χ1) is 10.3. The van der Waals surface area contributed by atoms with Crippen LogP contribution in [0.5, 0.6) is 0 Å². The first kappa shape index (κ1) is 11.8. The summed E-state index contributed by atoms with van der Waals surface area (Å²) < 4.78 is 1.76. The Balaban J connectivity index is 1.90. The second kappa shape index (κ2) is 4.52. The number of hydrogen-bond donors (Lipinski definition) is 1. The lowest BCUT2D eigenvalue weighted by Crippen LogP contribution is -1.88. The van der Waals surface area contributed by atoms with Crippen molar-refractivity contribution < 1.29 is 0 Å². The molecule has 4 rings (SSSR count). The van der Waals surface area contributed by atoms with Gasteiger partial charge in [0.05, 0.1) is 17.4 Å². The lowest BCUT2D eigenvalue weighted by Gasteiger charge is -2.00. The van der Waals surface area contributed by atoms with Crippen LogP contribution in [-0.4, -0.2) is 29.9 Å². The number of nitrogens with zero attached hydrogens (tertiary/aromatic N) is 5. The van der Waals surface area contributed by atoms with Gasteiger partial charge >= 0.3 is 0 Å². The van der Waals surface area contributed by atoms with Crippen LogP contribution in [0.1, 0.15) is 0 Å². The molecule has 0 atom stereocenters. The first-order valence-corrected chi connectivity index (χ1v) is 6.56. The molecule has 6 heteroatoms. The highest BCUT2D eigenvalue weighted by Crippen LogP contribution is 2.27. The number of rotatable bonds is 2. The normalized spacial score (nSPS) is 11.1. The number of hydrogen-bond acceptors (Lipinski definition) is 4. The number of pyridine rings is 2. The van der Waals surface area contributed by atoms with Crippen molar-refractivity contribution >= 4 is 10.9 Å². The molecule has 0 aromatic carbocycles. The van der Waals surface area contributed by atoms with Crippen LogP contribution >= 0.6 is 0 Å². The molecule has 0 unspecified atom stereocenters. The maximum absolute atomic E-state index is 4.45. The van der Waals surface area contributed by atoms with E-state index in [9.17, 15) is 0 Å². The van der Waals surface area contributed by atoms with Gasteiger partial charge in [-0.1, -0.05) is 0 Å². The number of nitrogens with one attached hydrogen (secondary N) is 1. The van der Waals surface area contributed by atoms with E-state index in [-0.39, 0.29) is 0 Å². The number of aryl methyl sites for hydroxylation is 1. The van der Waals surface area contributed by atoms with Crippen LogP contribution in [0.25, 0.3) is 33.5 Å². The molecule has 0 aliphatic heterocycles. The third-order valence-corrected chi connectivity index (χ3v) is 3.36. The van der Waals surface area contributed by atoms with Crippen LogP contribution in [-0.2, 0) is 7.05 Å². The van der Waals surface area contributed by atoms with Crippen molar-refractivity contribution in [2.24, 2.45) is 7.05 Å². The molecule has 0 fully saturated rings. The molecular formula is C15H12N6. The second-order valence-electron chi connectivity index (χ2n) is 4.80. The molecule has 4 aromatic heterocycles. The van der Waals surface area contributed by atoms with Crippen molar-refractivity contribution in [1.29, 1.82) is 0 Å². The third-order valence-electron chi connectivity index (χ3n) is 3.36. The van der Waals surface area contributed by atoms with Crippen LogP contribution in [0.15, 0.2) is 49.1 Å². The average molecular weight is 276 g/mol. The van der Waals surface area contributed by atoms with E-state index in [0.29, 0.717) is 0 Å². The van der Waals surface area contributed by atoms with E-state index in [1.54, 1.807) is 23.3 Å². The van der Waals surface area contributed by atoms with E-state index in [2.05, 4.69) is 25.3 Å². The van der Waals surface area contributed by atoms with Gasteiger partial charge in [-0.25, -0.2) is 0 Å². The lowest BCUT2D eigenvalue weighted by atomic mass is 10.1. The Hall–Kier alpha value is -3.02. The molecule has 4 aromatic rings. The van der Waals surface area contributed by atoms with Crippen LogP contribution in [0.2, 0.25) is 0 Å². The molecule has 0 bridgehead atoms. The minimum atomic E-state index is 0.832. The van der Waals surface area contributed by atoms with E-state index in [1.165, 1.54) is 0 Å². The van der Waals surface area contributed by atoms with Crippen LogP contribution in [0.3, 0.4) is 0 Å². The largest absolute Gasteiger partial charge is 0.276 e. The van der Waals surface area contributed by atoms with Crippen molar-refractivity contribution in [2.45, 2.75) is 0 Å². The zero-order valence-electron chi connectivity index (χ0n) is 11.4. The molecule has 102 valence electrons. The summed E-state index contributed by atoms with van der Waals surface area (Å²) in [5.74, 6) is 0. The summed E-state index contributed by atoms with van der Waals surface area (Å²) in [7, 11) is 1.89. The van der Waals surface area contributed by atoms with Crippen molar-refractivity contribution in [3.8, 4) is 22.6 Å². The maximum Gasteiger partial charge on any atom is 0.120 e. The quantitative estimate of drug-likeness (QED) is 0.610. The van der Waals surface area contributed by atoms with Crippen LogP contribution in [0, 0.1) is 0 Å². The Labute approximate surface area is 120 Å². The van der Waals surface area contributed by atoms with E-state index >= 15 is 0 Å². The smallest absolute Gasteiger partial charge is 0.120 e. The summed E-state index contributed by atoms with van der Waals surface area (Å²) in [5.41, 5.74) is 4.41. The SMILES string of the molecule is Cn1ccc(-c2n[nH]c3cnc(-c4cccnc4)cc23)n1. The molecule has 0 saturated carbocycles. The molecule has 0 radical (unpaired) electrons. The van der Waals surface area contributed by atoms with Crippen molar-refractivity contribution in [3.05, 3.63) is 49.1 Å². The van der Waals surface area contributed by atoms with Gasteiger partial charge in [0.25, 0.3) is 0 Å². The summed E-state index contributed by atoms with van der Waals surface area (Å²) in [6, 6.07) is 7.84. The number of H-pyrrole nitrogens is 1. The minimum Gasteiger partial charge on any atom is -0.276 e. The Bertz CT molecular complexity index is 906. The van der Waals surface area contributed by atoms with Gasteiger partial charge in [-0.15, -0.1) is 0 Å². The van der Waals surface area contributed by atoms with E-state index in [0.717, 1.165) is 33.5 Å². The second-order valence-corrected chi connectivity index (χ2v) is 4.80. The average Bonchev–Trinajstić information content (AvgIpc) is 3.13. The molecular weight excluding hydrogens is 264 g/mol. The van der Waals surface area contributed by atoms with E-state index < -0.39 is 0 Å². The molecule has 0 saturated heterocycles. The fourth-order valence-electron chi connectivity index (χ4n) is 2.33. The predicted octanol–water partition coefficient (Wildman–Crippen LogP) is 2.42. The zero-order chi connectivity index (χ0) is 14.2. The van der Waals surface area contributed by atoms with Gasteiger partial charge in [-0.2, -0.15) is 10.2 Å². The van der Waals surface area contributed by atoms with Gasteiger partial charge in [0.15, 0.2) is 0 Å². The summed E-state index contributed by atoms with van der Waals surface area (Å²) in [5, 5.41) is 12.8. The van der Waals surface area contributed by atoms with Gasteiger partial charge in [0.1, 0.15) is 11.4 Å². The summed E-state index contributed by atoms with van der Waals surface area (Å²) in [6.07, 6.45) is 7.24. The van der Waals surface area contributed by atoms with Crippen molar-refractivity contribution in [2.75, 3.05) is 0 Å².